The third kappa shape index (κ3) is 18.7. The van der Waals surface area contributed by atoms with Crippen molar-refractivity contribution in [1.82, 2.24) is 83.1 Å². The first-order valence-corrected chi connectivity index (χ1v) is 38.4. The Kier molecular flexibility index (Phi) is 21.5. The Bertz CT molecular complexity index is 5870. The van der Waals surface area contributed by atoms with Crippen LogP contribution in [0.1, 0.15) is 73.6 Å². The van der Waals surface area contributed by atoms with Crippen molar-refractivity contribution in [3.05, 3.63) is 284 Å². The van der Waals surface area contributed by atoms with Crippen molar-refractivity contribution in [3.8, 4) is 50.9 Å². The van der Waals surface area contributed by atoms with Crippen LogP contribution in [0.2, 0.25) is 0 Å². The van der Waals surface area contributed by atoms with Crippen LogP contribution in [0.15, 0.2) is 262 Å². The van der Waals surface area contributed by atoms with Gasteiger partial charge in [0, 0.05) is 89.9 Å². The van der Waals surface area contributed by atoms with Gasteiger partial charge in [-0.15, -0.1) is 20.4 Å². The van der Waals surface area contributed by atoms with E-state index in [9.17, 15) is 19.2 Å². The van der Waals surface area contributed by atoms with Gasteiger partial charge in [0.2, 0.25) is 53.3 Å². The minimum Gasteiger partial charge on any atom is -0.473 e. The number of ether oxygens (including phenoxy) is 1. The van der Waals surface area contributed by atoms with E-state index in [-0.39, 0.29) is 47.3 Å². The van der Waals surface area contributed by atoms with E-state index in [2.05, 4.69) is 141 Å². The van der Waals surface area contributed by atoms with Gasteiger partial charge in [0.25, 0.3) is 0 Å². The lowest BCUT2D eigenvalue weighted by molar-refractivity contribution is -0.118. The van der Waals surface area contributed by atoms with E-state index in [1.54, 1.807) is 24.3 Å². The molecular weight excluding hydrogens is 1450 g/mol. The van der Waals surface area contributed by atoms with Crippen LogP contribution in [-0.4, -0.2) is 113 Å². The lowest BCUT2D eigenvalue weighted by Crippen LogP contribution is -2.14. The standard InChI is InChI=1S/C23H22N6O.C22H20N6O.C22H19N5O2.C20H18N6O/c30-22(17-9-10-17)27-23-26-21-8-4-7-19(29(21)28-23)18-11-12-20(25-15-18)24-14-13-16-5-2-1-3-6-16;29-21(16-9-10-16)26-22-25-20-8-4-7-18(28(20)27-22)17-11-12-19(24-14-17)23-13-15-5-2-1-3-6-15;28-21(16-9-10-16)25-22-24-19-8-4-7-18(27(19)26-22)17-11-12-20(23-13-17)29-14-15-5-2-1-3-6-15;27-19(15-9-10-15)23-20-22-18-8-4-7-17(26(18)24-20)16-11-21-25(13-16)12-14-5-2-1-3-6-14/h1-8,11-12,15,17H,9-10,13-14H2,(H,24,25)(H,27,28,30);1-8,11-12,14,16H,9-10,13H2,(H,23,24)(H,26,27,29);1-8,11-13,16H,9-10,14H2,(H,25,26,28);1-8,11,13,15H,9-10,12H2,(H,23,24,27). The lowest BCUT2D eigenvalue weighted by Gasteiger charge is -2.08. The Morgan fingerprint density at radius 1 is 0.348 bits per heavy atom. The molecule has 6 N–H and O–H groups in total. The van der Waals surface area contributed by atoms with E-state index in [4.69, 9.17) is 4.74 Å². The molecule has 4 saturated carbocycles. The minimum atomic E-state index is -0.0101. The average Bonchev–Trinajstić information content (AvgIpc) is 1.67. The van der Waals surface area contributed by atoms with Gasteiger partial charge >= 0.3 is 0 Å². The number of amides is 4. The molecular formula is C87H79N23O5. The van der Waals surface area contributed by atoms with Crippen LogP contribution in [-0.2, 0) is 45.3 Å². The van der Waals surface area contributed by atoms with Crippen LogP contribution in [0.4, 0.5) is 35.4 Å². The summed E-state index contributed by atoms with van der Waals surface area (Å²) in [6.45, 7) is 2.71. The molecule has 0 atom stereocenters. The van der Waals surface area contributed by atoms with Gasteiger partial charge in [0.1, 0.15) is 18.2 Å². The molecule has 4 amide bonds. The Hall–Kier alpha value is -14.7. The monoisotopic (exact) mass is 1530 g/mol. The highest BCUT2D eigenvalue weighted by Gasteiger charge is 2.33. The molecule has 4 aromatic carbocycles. The number of anilines is 6. The van der Waals surface area contributed by atoms with E-state index in [1.807, 2.05) is 211 Å². The number of hydrogen-bond acceptors (Lipinski definition) is 19. The zero-order valence-corrected chi connectivity index (χ0v) is 62.5. The van der Waals surface area contributed by atoms with Crippen LogP contribution in [0, 0.1) is 23.7 Å². The zero-order chi connectivity index (χ0) is 77.8. The number of fused-ring (bicyclic) bond motifs is 4. The van der Waals surface area contributed by atoms with E-state index >= 15 is 0 Å². The minimum absolute atomic E-state index is 0.0000489. The predicted molar refractivity (Wildman–Crippen MR) is 437 cm³/mol. The molecule has 4 aliphatic carbocycles. The van der Waals surface area contributed by atoms with Crippen molar-refractivity contribution < 1.29 is 23.9 Å². The molecule has 0 radical (unpaired) electrons. The molecule has 115 heavy (non-hydrogen) atoms. The first-order valence-electron chi connectivity index (χ1n) is 38.4. The molecule has 16 aromatic rings. The maximum Gasteiger partial charge on any atom is 0.249 e. The number of benzene rings is 4. The van der Waals surface area contributed by atoms with Gasteiger partial charge in [0.15, 0.2) is 22.6 Å². The SMILES string of the molecule is O=C(Nc1nc2cccc(-c3ccc(NCCc4ccccc4)nc3)n2n1)C1CC1.O=C(Nc1nc2cccc(-c3ccc(NCc4ccccc4)nc3)n2n1)C1CC1.O=C(Nc1nc2cccc(-c3ccc(OCc4ccccc4)nc3)n2n1)C1CC1.O=C(Nc1nc2cccc(-c3cnn(Cc4ccccc4)c3)n2n1)C1CC1. The lowest BCUT2D eigenvalue weighted by atomic mass is 10.1. The molecule has 0 saturated heterocycles. The van der Waals surface area contributed by atoms with E-state index in [0.29, 0.717) is 65.4 Å². The molecule has 4 fully saturated rings. The number of aromatic nitrogens is 17. The van der Waals surface area contributed by atoms with E-state index < -0.39 is 0 Å². The highest BCUT2D eigenvalue weighted by Crippen LogP contribution is 2.34. The second-order valence-electron chi connectivity index (χ2n) is 28.5. The highest BCUT2D eigenvalue weighted by atomic mass is 16.5. The topological polar surface area (TPSA) is 327 Å². The van der Waals surface area contributed by atoms with Gasteiger partial charge in [-0.05, 0) is 159 Å². The molecule has 20 rings (SSSR count). The zero-order valence-electron chi connectivity index (χ0n) is 62.5. The molecule has 4 aliphatic rings. The molecule has 0 spiro atoms. The van der Waals surface area contributed by atoms with Crippen LogP contribution >= 0.6 is 0 Å². The molecule has 0 aliphatic heterocycles. The van der Waals surface area contributed by atoms with Gasteiger partial charge in [-0.1, -0.05) is 146 Å². The number of carbonyl (C=O) groups is 4. The summed E-state index contributed by atoms with van der Waals surface area (Å²) >= 11 is 0. The van der Waals surface area contributed by atoms with E-state index in [1.165, 1.54) is 16.7 Å². The maximum atomic E-state index is 12.0. The summed E-state index contributed by atoms with van der Waals surface area (Å²) in [5, 5.41) is 40.2. The predicted octanol–water partition coefficient (Wildman–Crippen LogP) is 14.3. The summed E-state index contributed by atoms with van der Waals surface area (Å²) in [6, 6.07) is 75.4. The van der Waals surface area contributed by atoms with Crippen molar-refractivity contribution in [2.45, 2.75) is 77.5 Å². The number of nitrogens with zero attached hydrogens (tertiary/aromatic N) is 17. The fourth-order valence-electron chi connectivity index (χ4n) is 12.7. The van der Waals surface area contributed by atoms with Crippen molar-refractivity contribution in [2.24, 2.45) is 23.7 Å². The Balaban J connectivity index is 0.000000111. The third-order valence-corrected chi connectivity index (χ3v) is 19.5. The second kappa shape index (κ2) is 33.9. The summed E-state index contributed by atoms with van der Waals surface area (Å²) in [5.41, 5.74) is 14.6. The third-order valence-electron chi connectivity index (χ3n) is 19.5. The molecule has 0 unspecified atom stereocenters. The number of rotatable bonds is 24. The van der Waals surface area contributed by atoms with Gasteiger partial charge < -0.3 is 15.4 Å². The molecule has 0 bridgehead atoms. The van der Waals surface area contributed by atoms with Gasteiger partial charge in [-0.25, -0.2) is 33.0 Å². The molecule has 12 aromatic heterocycles. The summed E-state index contributed by atoms with van der Waals surface area (Å²) < 4.78 is 14.6. The smallest absolute Gasteiger partial charge is 0.249 e. The quantitative estimate of drug-likeness (QED) is 0.0327. The molecule has 12 heterocycles. The van der Waals surface area contributed by atoms with Crippen molar-refractivity contribution in [2.75, 3.05) is 38.4 Å². The Morgan fingerprint density at radius 3 is 1.10 bits per heavy atom. The first-order chi connectivity index (χ1) is 56.5. The number of carbonyl (C=O) groups excluding carboxylic acids is 4. The second-order valence-corrected chi connectivity index (χ2v) is 28.5. The number of nitrogens with one attached hydrogen (secondary N) is 6. The van der Waals surface area contributed by atoms with Crippen LogP contribution in [0.3, 0.4) is 0 Å². The Labute approximate surface area is 659 Å². The highest BCUT2D eigenvalue weighted by molar-refractivity contribution is 5.95. The van der Waals surface area contributed by atoms with Gasteiger partial charge in [0.05, 0.1) is 35.5 Å². The van der Waals surface area contributed by atoms with Gasteiger partial charge in [-0.3, -0.25) is 45.1 Å². The van der Waals surface area contributed by atoms with Crippen LogP contribution in [0.25, 0.3) is 67.6 Å². The molecule has 28 nitrogen and oxygen atoms in total. The van der Waals surface area contributed by atoms with Crippen molar-refractivity contribution in [1.29, 1.82) is 0 Å². The van der Waals surface area contributed by atoms with Crippen LogP contribution < -0.4 is 36.6 Å². The summed E-state index contributed by atoms with van der Waals surface area (Å²) in [7, 11) is 0. The number of pyridine rings is 7. The summed E-state index contributed by atoms with van der Waals surface area (Å²) in [5.74, 6) is 3.98. The van der Waals surface area contributed by atoms with Crippen LogP contribution in [0.5, 0.6) is 5.88 Å². The van der Waals surface area contributed by atoms with Crippen molar-refractivity contribution >= 4 is 81.6 Å². The largest absolute Gasteiger partial charge is 0.473 e. The van der Waals surface area contributed by atoms with E-state index in [0.717, 1.165) is 133 Å². The summed E-state index contributed by atoms with van der Waals surface area (Å²) in [6.07, 6.45) is 17.7. The van der Waals surface area contributed by atoms with Gasteiger partial charge in [-0.2, -0.15) is 25.0 Å². The molecule has 572 valence electrons. The average molecular weight is 1530 g/mol. The fourth-order valence-corrected chi connectivity index (χ4v) is 12.7. The van der Waals surface area contributed by atoms with Crippen molar-refractivity contribution in [3.63, 3.8) is 0 Å². The normalized spacial score (nSPS) is 13.5. The maximum absolute atomic E-state index is 12.0. The molecule has 28 heteroatoms. The fraction of sp³-hybridized carbons (Fsp3) is 0.195. The first kappa shape index (κ1) is 73.1. The number of hydrogen-bond donors (Lipinski definition) is 6. The summed E-state index contributed by atoms with van der Waals surface area (Å²) in [4.78, 5) is 79.1. The Morgan fingerprint density at radius 2 is 0.713 bits per heavy atom.